The first-order valence-corrected chi connectivity index (χ1v) is 12.5. The molecule has 4 aromatic carbocycles. The SMILES string of the molecule is COc1cc(CCc2cccc(O)c2)c(-c2cc(OC)c(OC)cc2CCc2cccc(O)c2)cc1OC. The molecule has 0 heterocycles. The van der Waals surface area contributed by atoms with Crippen LogP contribution in [0.25, 0.3) is 11.1 Å². The smallest absolute Gasteiger partial charge is 0.161 e. The number of aryl methyl sites for hydroxylation is 4. The lowest BCUT2D eigenvalue weighted by atomic mass is 9.89. The fourth-order valence-corrected chi connectivity index (χ4v) is 4.74. The summed E-state index contributed by atoms with van der Waals surface area (Å²) in [5.41, 5.74) is 6.27. The topological polar surface area (TPSA) is 77.4 Å². The van der Waals surface area contributed by atoms with Crippen molar-refractivity contribution in [3.63, 3.8) is 0 Å². The molecule has 6 nitrogen and oxygen atoms in total. The van der Waals surface area contributed by atoms with E-state index in [1.807, 2.05) is 48.5 Å². The Balaban J connectivity index is 1.81. The molecule has 0 aromatic heterocycles. The molecule has 0 amide bonds. The van der Waals surface area contributed by atoms with Gasteiger partial charge in [0.05, 0.1) is 28.4 Å². The zero-order valence-corrected chi connectivity index (χ0v) is 22.3. The van der Waals surface area contributed by atoms with Gasteiger partial charge in [-0.1, -0.05) is 24.3 Å². The van der Waals surface area contributed by atoms with Crippen LogP contribution in [0, 0.1) is 0 Å². The summed E-state index contributed by atoms with van der Waals surface area (Å²) in [5.74, 6) is 3.09. The maximum Gasteiger partial charge on any atom is 0.161 e. The van der Waals surface area contributed by atoms with E-state index in [0.29, 0.717) is 23.0 Å². The number of phenolic OH excluding ortho intramolecular Hbond substituents is 2. The molecule has 0 atom stereocenters. The average Bonchev–Trinajstić information content (AvgIpc) is 2.94. The Hall–Kier alpha value is -4.32. The van der Waals surface area contributed by atoms with Crippen LogP contribution in [0.3, 0.4) is 0 Å². The fourth-order valence-electron chi connectivity index (χ4n) is 4.74. The number of methoxy groups -OCH3 is 4. The first-order chi connectivity index (χ1) is 18.4. The average molecular weight is 515 g/mol. The molecule has 6 heteroatoms. The molecule has 0 spiro atoms. The van der Waals surface area contributed by atoms with Gasteiger partial charge in [-0.15, -0.1) is 0 Å². The van der Waals surface area contributed by atoms with Crippen molar-refractivity contribution in [1.29, 1.82) is 0 Å². The van der Waals surface area contributed by atoms with E-state index in [1.165, 1.54) is 0 Å². The van der Waals surface area contributed by atoms with Crippen molar-refractivity contribution in [2.45, 2.75) is 25.7 Å². The molecule has 4 aromatic rings. The van der Waals surface area contributed by atoms with E-state index < -0.39 is 0 Å². The Morgan fingerprint density at radius 1 is 0.474 bits per heavy atom. The number of aromatic hydroxyl groups is 2. The van der Waals surface area contributed by atoms with Crippen molar-refractivity contribution >= 4 is 0 Å². The number of ether oxygens (including phenoxy) is 4. The predicted octanol–water partition coefficient (Wildman–Crippen LogP) is 6.37. The maximum absolute atomic E-state index is 9.93. The van der Waals surface area contributed by atoms with Crippen LogP contribution in [0.4, 0.5) is 0 Å². The van der Waals surface area contributed by atoms with Crippen molar-refractivity contribution in [1.82, 2.24) is 0 Å². The highest BCUT2D eigenvalue weighted by Crippen LogP contribution is 2.42. The fraction of sp³-hybridized carbons (Fsp3) is 0.250. The molecule has 38 heavy (non-hydrogen) atoms. The molecule has 2 N–H and O–H groups in total. The van der Waals surface area contributed by atoms with E-state index in [1.54, 1.807) is 52.7 Å². The highest BCUT2D eigenvalue weighted by Gasteiger charge is 2.19. The Bertz CT molecular complexity index is 1290. The number of phenols is 2. The van der Waals surface area contributed by atoms with Crippen LogP contribution >= 0.6 is 0 Å². The van der Waals surface area contributed by atoms with Crippen molar-refractivity contribution in [3.05, 3.63) is 95.1 Å². The van der Waals surface area contributed by atoms with Gasteiger partial charge in [0.25, 0.3) is 0 Å². The maximum atomic E-state index is 9.93. The van der Waals surface area contributed by atoms with Gasteiger partial charge in [0.1, 0.15) is 11.5 Å². The van der Waals surface area contributed by atoms with Gasteiger partial charge in [-0.25, -0.2) is 0 Å². The number of hydrogen-bond donors (Lipinski definition) is 2. The molecule has 4 rings (SSSR count). The first-order valence-electron chi connectivity index (χ1n) is 12.5. The third-order valence-corrected chi connectivity index (χ3v) is 6.70. The minimum atomic E-state index is 0.254. The molecule has 0 aliphatic heterocycles. The summed E-state index contributed by atoms with van der Waals surface area (Å²) in [6, 6.07) is 22.7. The van der Waals surface area contributed by atoms with Gasteiger partial charge < -0.3 is 29.2 Å². The zero-order valence-electron chi connectivity index (χ0n) is 22.3. The van der Waals surface area contributed by atoms with Crippen LogP contribution in [0.2, 0.25) is 0 Å². The molecular weight excluding hydrogens is 480 g/mol. The molecule has 0 aliphatic rings. The van der Waals surface area contributed by atoms with Gasteiger partial charge in [0.15, 0.2) is 23.0 Å². The third-order valence-electron chi connectivity index (χ3n) is 6.70. The lowest BCUT2D eigenvalue weighted by molar-refractivity contribution is 0.354. The molecule has 0 saturated carbocycles. The minimum absolute atomic E-state index is 0.254. The van der Waals surface area contributed by atoms with Gasteiger partial charge >= 0.3 is 0 Å². The van der Waals surface area contributed by atoms with Crippen LogP contribution in [0.15, 0.2) is 72.8 Å². The number of benzene rings is 4. The Kier molecular flexibility index (Phi) is 8.64. The highest BCUT2D eigenvalue weighted by molar-refractivity contribution is 5.77. The second-order valence-electron chi connectivity index (χ2n) is 9.07. The van der Waals surface area contributed by atoms with E-state index in [2.05, 4.69) is 0 Å². The third kappa shape index (κ3) is 6.14. The summed E-state index contributed by atoms with van der Waals surface area (Å²) >= 11 is 0. The van der Waals surface area contributed by atoms with Gasteiger partial charge in [0.2, 0.25) is 0 Å². The van der Waals surface area contributed by atoms with Crippen LogP contribution in [0.5, 0.6) is 34.5 Å². The first kappa shape index (κ1) is 26.7. The number of hydrogen-bond acceptors (Lipinski definition) is 6. The van der Waals surface area contributed by atoms with Crippen LogP contribution in [-0.4, -0.2) is 38.7 Å². The van der Waals surface area contributed by atoms with E-state index in [9.17, 15) is 10.2 Å². The molecule has 0 saturated heterocycles. The standard InChI is InChI=1S/C32H34O6/c1-35-29-17-23(13-11-21-7-5-9-25(33)15-21)27(19-31(29)37-3)28-20-32(38-4)30(36-2)18-24(28)14-12-22-8-6-10-26(34)16-22/h5-10,15-20,33-34H,11-14H2,1-4H3. The Morgan fingerprint density at radius 2 is 0.842 bits per heavy atom. The van der Waals surface area contributed by atoms with Crippen molar-refractivity contribution in [3.8, 4) is 45.6 Å². The zero-order chi connectivity index (χ0) is 27.1. The van der Waals surface area contributed by atoms with Crippen LogP contribution in [0.1, 0.15) is 22.3 Å². The molecular formula is C32H34O6. The minimum Gasteiger partial charge on any atom is -0.508 e. The van der Waals surface area contributed by atoms with Crippen LogP contribution < -0.4 is 18.9 Å². The second-order valence-corrected chi connectivity index (χ2v) is 9.07. The Labute approximate surface area is 224 Å². The van der Waals surface area contributed by atoms with Crippen molar-refractivity contribution in [2.24, 2.45) is 0 Å². The molecule has 0 radical (unpaired) electrons. The second kappa shape index (κ2) is 12.3. The predicted molar refractivity (Wildman–Crippen MR) is 149 cm³/mol. The van der Waals surface area contributed by atoms with Crippen LogP contribution in [-0.2, 0) is 25.7 Å². The van der Waals surface area contributed by atoms with Gasteiger partial charge in [-0.05, 0) is 108 Å². The highest BCUT2D eigenvalue weighted by atomic mass is 16.5. The van der Waals surface area contributed by atoms with Crippen molar-refractivity contribution < 1.29 is 29.2 Å². The molecule has 0 bridgehead atoms. The van der Waals surface area contributed by atoms with Gasteiger partial charge in [-0.2, -0.15) is 0 Å². The monoisotopic (exact) mass is 514 g/mol. The van der Waals surface area contributed by atoms with E-state index in [4.69, 9.17) is 18.9 Å². The molecule has 198 valence electrons. The Morgan fingerprint density at radius 3 is 1.18 bits per heavy atom. The summed E-state index contributed by atoms with van der Waals surface area (Å²) in [5, 5.41) is 19.9. The largest absolute Gasteiger partial charge is 0.508 e. The summed E-state index contributed by atoms with van der Waals surface area (Å²) in [6.07, 6.45) is 2.92. The summed E-state index contributed by atoms with van der Waals surface area (Å²) in [7, 11) is 6.53. The number of rotatable bonds is 11. The molecule has 0 aliphatic carbocycles. The summed E-state index contributed by atoms with van der Waals surface area (Å²) < 4.78 is 22.6. The van der Waals surface area contributed by atoms with E-state index >= 15 is 0 Å². The normalized spacial score (nSPS) is 10.7. The van der Waals surface area contributed by atoms with Crippen molar-refractivity contribution in [2.75, 3.05) is 28.4 Å². The summed E-state index contributed by atoms with van der Waals surface area (Å²) in [6.45, 7) is 0. The quantitative estimate of drug-likeness (QED) is 0.242. The van der Waals surface area contributed by atoms with E-state index in [0.717, 1.165) is 59.1 Å². The van der Waals surface area contributed by atoms with E-state index in [-0.39, 0.29) is 11.5 Å². The van der Waals surface area contributed by atoms with Gasteiger partial charge in [-0.3, -0.25) is 0 Å². The lowest BCUT2D eigenvalue weighted by Crippen LogP contribution is -2.03. The molecule has 0 unspecified atom stereocenters. The summed E-state index contributed by atoms with van der Waals surface area (Å²) in [4.78, 5) is 0. The lowest BCUT2D eigenvalue weighted by Gasteiger charge is -2.20. The van der Waals surface area contributed by atoms with Gasteiger partial charge in [0, 0.05) is 0 Å². The molecule has 0 fully saturated rings.